The van der Waals surface area contributed by atoms with E-state index in [4.69, 9.17) is 9.90 Å². The molecule has 3 rings (SSSR count). The normalized spacial score (nSPS) is 14.9. The Bertz CT molecular complexity index is 694. The summed E-state index contributed by atoms with van der Waals surface area (Å²) < 4.78 is 2.08. The first-order valence-corrected chi connectivity index (χ1v) is 9.22. The first-order chi connectivity index (χ1) is 13.1. The summed E-state index contributed by atoms with van der Waals surface area (Å²) >= 11 is 0. The van der Waals surface area contributed by atoms with Crippen molar-refractivity contribution in [2.24, 2.45) is 13.0 Å². The Morgan fingerprint density at radius 2 is 1.96 bits per heavy atom. The van der Waals surface area contributed by atoms with Crippen molar-refractivity contribution in [3.05, 3.63) is 48.5 Å². The first-order valence-electron chi connectivity index (χ1n) is 9.22. The standard InChI is InChI=1S/C19H26N4O.CH2O2/c1-22-15-20-13-18(22)14-23-11-9-16(10-12-23)7-8-19(24)21-17-5-3-2-4-6-17;2-1-3/h2-6,13,15-16H,7-12,14H2,1H3,(H,21,24);1H,(H,2,3). The van der Waals surface area contributed by atoms with E-state index in [0.717, 1.165) is 31.7 Å². The number of benzene rings is 1. The Morgan fingerprint density at radius 1 is 1.30 bits per heavy atom. The molecule has 27 heavy (non-hydrogen) atoms. The van der Waals surface area contributed by atoms with Gasteiger partial charge in [-0.25, -0.2) is 4.98 Å². The van der Waals surface area contributed by atoms with Gasteiger partial charge in [0.1, 0.15) is 0 Å². The molecular weight excluding hydrogens is 344 g/mol. The molecule has 1 amide bonds. The monoisotopic (exact) mass is 372 g/mol. The Kier molecular flexibility index (Phi) is 8.51. The second-order valence-corrected chi connectivity index (χ2v) is 6.77. The van der Waals surface area contributed by atoms with E-state index in [1.54, 1.807) is 0 Å². The Hall–Kier alpha value is -2.67. The van der Waals surface area contributed by atoms with Crippen LogP contribution in [0.25, 0.3) is 0 Å². The third kappa shape index (κ3) is 7.22. The van der Waals surface area contributed by atoms with E-state index >= 15 is 0 Å². The molecule has 1 aromatic carbocycles. The van der Waals surface area contributed by atoms with Crippen LogP contribution < -0.4 is 5.32 Å². The van der Waals surface area contributed by atoms with Gasteiger partial charge < -0.3 is 15.0 Å². The molecule has 0 spiro atoms. The van der Waals surface area contributed by atoms with Gasteiger partial charge in [0.2, 0.25) is 5.91 Å². The van der Waals surface area contributed by atoms with E-state index in [0.29, 0.717) is 12.3 Å². The summed E-state index contributed by atoms with van der Waals surface area (Å²) in [4.78, 5) is 27.1. The zero-order chi connectivity index (χ0) is 19.5. The number of para-hydroxylation sites is 1. The van der Waals surface area contributed by atoms with Crippen LogP contribution in [0.5, 0.6) is 0 Å². The van der Waals surface area contributed by atoms with Gasteiger partial charge in [-0.15, -0.1) is 0 Å². The van der Waals surface area contributed by atoms with Crippen LogP contribution in [0.3, 0.4) is 0 Å². The SMILES string of the molecule is Cn1cncc1CN1CCC(CCC(=O)Nc2ccccc2)CC1.O=CO. The smallest absolute Gasteiger partial charge is 0.290 e. The number of aromatic nitrogens is 2. The van der Waals surface area contributed by atoms with Crippen LogP contribution >= 0.6 is 0 Å². The summed E-state index contributed by atoms with van der Waals surface area (Å²) in [5.74, 6) is 0.785. The highest BCUT2D eigenvalue weighted by molar-refractivity contribution is 5.90. The second-order valence-electron chi connectivity index (χ2n) is 6.77. The van der Waals surface area contributed by atoms with E-state index in [1.807, 2.05) is 49.9 Å². The number of carbonyl (C=O) groups excluding carboxylic acids is 1. The minimum absolute atomic E-state index is 0.124. The Morgan fingerprint density at radius 3 is 2.56 bits per heavy atom. The number of imidazole rings is 1. The maximum absolute atomic E-state index is 12.0. The summed E-state index contributed by atoms with van der Waals surface area (Å²) in [5.41, 5.74) is 2.14. The average molecular weight is 372 g/mol. The van der Waals surface area contributed by atoms with Crippen molar-refractivity contribution >= 4 is 18.1 Å². The molecule has 0 atom stereocenters. The fourth-order valence-corrected chi connectivity index (χ4v) is 3.28. The van der Waals surface area contributed by atoms with Crippen molar-refractivity contribution < 1.29 is 14.7 Å². The molecule has 2 aromatic rings. The number of likely N-dealkylation sites (tertiary alicyclic amines) is 1. The molecule has 7 heteroatoms. The molecule has 1 aromatic heterocycles. The lowest BCUT2D eigenvalue weighted by Crippen LogP contribution is -2.34. The van der Waals surface area contributed by atoms with Gasteiger partial charge in [-0.05, 0) is 50.4 Å². The summed E-state index contributed by atoms with van der Waals surface area (Å²) in [6, 6.07) is 9.68. The van der Waals surface area contributed by atoms with Crippen LogP contribution in [0.2, 0.25) is 0 Å². The van der Waals surface area contributed by atoms with Gasteiger partial charge in [-0.2, -0.15) is 0 Å². The minimum Gasteiger partial charge on any atom is -0.483 e. The lowest BCUT2D eigenvalue weighted by molar-refractivity contribution is -0.123. The fraction of sp³-hybridized carbons (Fsp3) is 0.450. The highest BCUT2D eigenvalue weighted by atomic mass is 16.3. The molecule has 1 fully saturated rings. The molecule has 0 aliphatic carbocycles. The molecule has 0 radical (unpaired) electrons. The number of carboxylic acid groups (broad SMARTS) is 1. The van der Waals surface area contributed by atoms with Gasteiger partial charge in [0.15, 0.2) is 0 Å². The first kappa shape index (κ1) is 20.6. The van der Waals surface area contributed by atoms with E-state index in [-0.39, 0.29) is 12.4 Å². The molecule has 0 unspecified atom stereocenters. The summed E-state index contributed by atoms with van der Waals surface area (Å²) in [6.07, 6.45) is 7.75. The zero-order valence-corrected chi connectivity index (χ0v) is 15.8. The number of carbonyl (C=O) groups is 2. The van der Waals surface area contributed by atoms with Crippen molar-refractivity contribution in [1.82, 2.24) is 14.5 Å². The number of nitrogens with one attached hydrogen (secondary N) is 1. The van der Waals surface area contributed by atoms with E-state index in [2.05, 4.69) is 19.8 Å². The van der Waals surface area contributed by atoms with E-state index in [9.17, 15) is 4.79 Å². The average Bonchev–Trinajstić information content (AvgIpc) is 3.07. The van der Waals surface area contributed by atoms with Gasteiger partial charge in [0.25, 0.3) is 6.47 Å². The molecule has 1 aliphatic rings. The van der Waals surface area contributed by atoms with Crippen LogP contribution in [0.15, 0.2) is 42.9 Å². The van der Waals surface area contributed by atoms with Crippen molar-refractivity contribution in [3.8, 4) is 0 Å². The van der Waals surface area contributed by atoms with Crippen LogP contribution in [0, 0.1) is 5.92 Å². The largest absolute Gasteiger partial charge is 0.483 e. The van der Waals surface area contributed by atoms with E-state index in [1.165, 1.54) is 18.5 Å². The van der Waals surface area contributed by atoms with Crippen LogP contribution in [-0.4, -0.2) is 45.0 Å². The van der Waals surface area contributed by atoms with Crippen LogP contribution in [-0.2, 0) is 23.2 Å². The quantitative estimate of drug-likeness (QED) is 0.762. The lowest BCUT2D eigenvalue weighted by atomic mass is 9.92. The maximum Gasteiger partial charge on any atom is 0.290 e. The minimum atomic E-state index is -0.250. The molecule has 2 heterocycles. The number of amides is 1. The number of aryl methyl sites for hydroxylation is 1. The molecule has 7 nitrogen and oxygen atoms in total. The lowest BCUT2D eigenvalue weighted by Gasteiger charge is -2.31. The third-order valence-corrected chi connectivity index (χ3v) is 4.85. The van der Waals surface area contributed by atoms with Gasteiger partial charge >= 0.3 is 0 Å². The number of rotatable bonds is 6. The zero-order valence-electron chi connectivity index (χ0n) is 15.8. The second kappa shape index (κ2) is 11.1. The number of hydrogen-bond acceptors (Lipinski definition) is 4. The van der Waals surface area contributed by atoms with Gasteiger partial charge in [0.05, 0.1) is 12.0 Å². The number of hydrogen-bond donors (Lipinski definition) is 2. The Balaban J connectivity index is 0.000000817. The van der Waals surface area contributed by atoms with Gasteiger partial charge in [0, 0.05) is 31.9 Å². The Labute approximate surface area is 160 Å². The predicted molar refractivity (Wildman–Crippen MR) is 104 cm³/mol. The fourth-order valence-electron chi connectivity index (χ4n) is 3.28. The van der Waals surface area contributed by atoms with E-state index < -0.39 is 0 Å². The topological polar surface area (TPSA) is 87.5 Å². The van der Waals surface area contributed by atoms with Gasteiger partial charge in [-0.3, -0.25) is 14.5 Å². The highest BCUT2D eigenvalue weighted by Gasteiger charge is 2.20. The predicted octanol–water partition coefficient (Wildman–Crippen LogP) is 2.75. The number of piperidine rings is 1. The highest BCUT2D eigenvalue weighted by Crippen LogP contribution is 2.23. The van der Waals surface area contributed by atoms with Crippen molar-refractivity contribution in [2.75, 3.05) is 18.4 Å². The van der Waals surface area contributed by atoms with Gasteiger partial charge in [-0.1, -0.05) is 18.2 Å². The molecular formula is C20H28N4O3. The number of nitrogens with zero attached hydrogens (tertiary/aromatic N) is 3. The molecule has 0 saturated carbocycles. The van der Waals surface area contributed by atoms with Crippen LogP contribution in [0.4, 0.5) is 5.69 Å². The molecule has 146 valence electrons. The third-order valence-electron chi connectivity index (χ3n) is 4.85. The maximum atomic E-state index is 12.0. The van der Waals surface area contributed by atoms with Crippen molar-refractivity contribution in [3.63, 3.8) is 0 Å². The molecule has 1 aliphatic heterocycles. The summed E-state index contributed by atoms with van der Waals surface area (Å²) in [7, 11) is 2.04. The van der Waals surface area contributed by atoms with Crippen molar-refractivity contribution in [1.29, 1.82) is 0 Å². The molecule has 0 bridgehead atoms. The van der Waals surface area contributed by atoms with Crippen LogP contribution in [0.1, 0.15) is 31.4 Å². The molecule has 1 saturated heterocycles. The summed E-state index contributed by atoms with van der Waals surface area (Å²) in [6.45, 7) is 2.93. The summed E-state index contributed by atoms with van der Waals surface area (Å²) in [5, 5.41) is 9.86. The van der Waals surface area contributed by atoms with Crippen molar-refractivity contribution in [2.45, 2.75) is 32.2 Å². The number of anilines is 1. The molecule has 2 N–H and O–H groups in total.